The van der Waals surface area contributed by atoms with E-state index >= 15 is 0 Å². The molecule has 3 aliphatic rings. The number of benzene rings is 2. The molecule has 0 radical (unpaired) electrons. The van der Waals surface area contributed by atoms with Crippen molar-refractivity contribution in [3.63, 3.8) is 0 Å². The number of phenolic OH excluding ortho intramolecular Hbond substituents is 1. The van der Waals surface area contributed by atoms with E-state index in [0.717, 1.165) is 24.9 Å². The average molecular weight is 364 g/mol. The molecule has 5 rings (SSSR count). The average Bonchev–Trinajstić information content (AvgIpc) is 2.71. The molecule has 1 saturated carbocycles. The molecule has 0 spiro atoms. The molecule has 3 nitrogen and oxygen atoms in total. The van der Waals surface area contributed by atoms with Gasteiger partial charge in [0.25, 0.3) is 0 Å². The summed E-state index contributed by atoms with van der Waals surface area (Å²) in [6.07, 6.45) is 6.90. The fraction of sp³-hybridized carbons (Fsp3) is 0.500. The zero-order chi connectivity index (χ0) is 18.4. The Hall–Kier alpha value is -1.84. The van der Waals surface area contributed by atoms with Crippen LogP contribution in [0.2, 0.25) is 0 Å². The number of piperidine rings is 1. The van der Waals surface area contributed by atoms with Gasteiger partial charge in [-0.2, -0.15) is 0 Å². The van der Waals surface area contributed by atoms with Gasteiger partial charge < -0.3 is 10.2 Å². The molecular formula is C24H29NO2. The van der Waals surface area contributed by atoms with Crippen molar-refractivity contribution in [2.24, 2.45) is 5.92 Å². The molecule has 0 amide bonds. The molecule has 1 unspecified atom stereocenters. The molecule has 2 bridgehead atoms. The monoisotopic (exact) mass is 363 g/mol. The Kier molecular flexibility index (Phi) is 4.25. The second-order valence-corrected chi connectivity index (χ2v) is 8.79. The normalized spacial score (nSPS) is 31.0. The molecular weight excluding hydrogens is 334 g/mol. The van der Waals surface area contributed by atoms with Gasteiger partial charge in [-0.25, -0.2) is 0 Å². The number of rotatable bonds is 3. The van der Waals surface area contributed by atoms with Crippen LogP contribution in [0.25, 0.3) is 0 Å². The van der Waals surface area contributed by atoms with Crippen LogP contribution in [0.5, 0.6) is 5.75 Å². The maximum absolute atomic E-state index is 10.8. The molecule has 1 saturated heterocycles. The van der Waals surface area contributed by atoms with Crippen LogP contribution in [0.15, 0.2) is 48.5 Å². The van der Waals surface area contributed by atoms with E-state index in [-0.39, 0.29) is 5.41 Å². The molecule has 2 aromatic carbocycles. The van der Waals surface area contributed by atoms with Gasteiger partial charge in [-0.1, -0.05) is 49.2 Å². The zero-order valence-electron chi connectivity index (χ0n) is 15.8. The number of hydrogen-bond acceptors (Lipinski definition) is 3. The maximum atomic E-state index is 10.8. The zero-order valence-corrected chi connectivity index (χ0v) is 15.8. The lowest BCUT2D eigenvalue weighted by Gasteiger charge is -2.59. The highest BCUT2D eigenvalue weighted by Crippen LogP contribution is 2.56. The molecule has 3 heteroatoms. The summed E-state index contributed by atoms with van der Waals surface area (Å²) in [4.78, 5) is 2.56. The summed E-state index contributed by atoms with van der Waals surface area (Å²) in [7, 11) is 0. The van der Waals surface area contributed by atoms with Crippen LogP contribution < -0.4 is 0 Å². The largest absolute Gasteiger partial charge is 0.508 e. The van der Waals surface area contributed by atoms with E-state index < -0.39 is 6.10 Å². The molecule has 142 valence electrons. The Morgan fingerprint density at radius 3 is 2.78 bits per heavy atom. The van der Waals surface area contributed by atoms with Crippen molar-refractivity contribution in [2.75, 3.05) is 13.1 Å². The summed E-state index contributed by atoms with van der Waals surface area (Å²) in [5, 5.41) is 20.9. The summed E-state index contributed by atoms with van der Waals surface area (Å²) in [6, 6.07) is 16.6. The second kappa shape index (κ2) is 6.65. The van der Waals surface area contributed by atoms with E-state index in [1.54, 1.807) is 0 Å². The van der Waals surface area contributed by atoms with Crippen molar-refractivity contribution in [1.29, 1.82) is 0 Å². The van der Waals surface area contributed by atoms with Crippen LogP contribution in [0.3, 0.4) is 0 Å². The molecule has 2 N–H and O–H groups in total. The summed E-state index contributed by atoms with van der Waals surface area (Å²) in [6.45, 7) is 1.76. The van der Waals surface area contributed by atoms with Gasteiger partial charge in [-0.3, -0.25) is 4.90 Å². The van der Waals surface area contributed by atoms with E-state index in [0.29, 0.717) is 24.3 Å². The molecule has 2 fully saturated rings. The van der Waals surface area contributed by atoms with Crippen molar-refractivity contribution in [2.45, 2.75) is 56.1 Å². The van der Waals surface area contributed by atoms with E-state index in [1.807, 2.05) is 36.4 Å². The highest BCUT2D eigenvalue weighted by molar-refractivity contribution is 5.45. The number of aliphatic hydroxyl groups is 1. The number of aromatic hydroxyl groups is 1. The molecule has 27 heavy (non-hydrogen) atoms. The van der Waals surface area contributed by atoms with Crippen molar-refractivity contribution in [3.05, 3.63) is 65.2 Å². The molecule has 4 atom stereocenters. The van der Waals surface area contributed by atoms with Gasteiger partial charge in [0.05, 0.1) is 6.10 Å². The highest BCUT2D eigenvalue weighted by atomic mass is 16.3. The standard InChI is InChI=1S/C24H29NO2/c26-19-10-9-18-14-22-20-8-4-5-11-24(20,21(18)15-19)12-13-25(22)16-23(27)17-6-2-1-3-7-17/h1-3,6-7,9-10,15,20,22-23,26-27H,4-5,8,11-14,16H2/t20-,22+,23?,24+/m0/s1. The van der Waals surface area contributed by atoms with Crippen LogP contribution in [0.4, 0.5) is 0 Å². The molecule has 1 heterocycles. The summed E-state index contributed by atoms with van der Waals surface area (Å²) >= 11 is 0. The first-order valence-corrected chi connectivity index (χ1v) is 10.5. The van der Waals surface area contributed by atoms with Crippen molar-refractivity contribution < 1.29 is 10.2 Å². The minimum Gasteiger partial charge on any atom is -0.508 e. The van der Waals surface area contributed by atoms with Crippen LogP contribution in [-0.2, 0) is 11.8 Å². The summed E-state index contributed by atoms with van der Waals surface area (Å²) in [5.41, 5.74) is 4.09. The fourth-order valence-electron chi connectivity index (χ4n) is 6.30. The number of phenols is 1. The smallest absolute Gasteiger partial charge is 0.115 e. The summed E-state index contributed by atoms with van der Waals surface area (Å²) in [5.74, 6) is 1.06. The van der Waals surface area contributed by atoms with Gasteiger partial charge >= 0.3 is 0 Å². The Balaban J connectivity index is 1.47. The predicted molar refractivity (Wildman–Crippen MR) is 107 cm³/mol. The van der Waals surface area contributed by atoms with Crippen molar-refractivity contribution >= 4 is 0 Å². The minimum absolute atomic E-state index is 0.240. The van der Waals surface area contributed by atoms with Gasteiger partial charge in [-0.05, 0) is 67.0 Å². The Labute approximate surface area is 161 Å². The quantitative estimate of drug-likeness (QED) is 0.860. The number of likely N-dealkylation sites (tertiary alicyclic amines) is 1. The lowest BCUT2D eigenvalue weighted by atomic mass is 9.52. The molecule has 2 aromatic rings. The second-order valence-electron chi connectivity index (χ2n) is 8.79. The fourth-order valence-corrected chi connectivity index (χ4v) is 6.30. The number of fused-ring (bicyclic) bond motifs is 1. The number of aliphatic hydroxyl groups excluding tert-OH is 1. The van der Waals surface area contributed by atoms with Crippen molar-refractivity contribution in [1.82, 2.24) is 4.90 Å². The van der Waals surface area contributed by atoms with Gasteiger partial charge in [0.15, 0.2) is 0 Å². The Morgan fingerprint density at radius 2 is 1.93 bits per heavy atom. The van der Waals surface area contributed by atoms with E-state index in [4.69, 9.17) is 0 Å². The summed E-state index contributed by atoms with van der Waals surface area (Å²) < 4.78 is 0. The van der Waals surface area contributed by atoms with E-state index in [9.17, 15) is 10.2 Å². The van der Waals surface area contributed by atoms with Crippen LogP contribution >= 0.6 is 0 Å². The topological polar surface area (TPSA) is 43.7 Å². The third-order valence-corrected chi connectivity index (χ3v) is 7.53. The lowest BCUT2D eigenvalue weighted by molar-refractivity contribution is -0.0311. The number of β-amino-alcohol motifs (C(OH)–C–C–N with tert-alkyl or cyclic N) is 1. The number of hydrogen-bond donors (Lipinski definition) is 2. The maximum Gasteiger partial charge on any atom is 0.115 e. The first-order valence-electron chi connectivity index (χ1n) is 10.5. The minimum atomic E-state index is -0.427. The predicted octanol–water partition coefficient (Wildman–Crippen LogP) is 4.18. The van der Waals surface area contributed by atoms with Crippen LogP contribution in [0.1, 0.15) is 54.9 Å². The highest BCUT2D eigenvalue weighted by Gasteiger charge is 2.53. The van der Waals surface area contributed by atoms with E-state index in [1.165, 1.54) is 36.8 Å². The molecule has 0 aromatic heterocycles. The first kappa shape index (κ1) is 17.3. The Bertz CT molecular complexity index is 820. The SMILES string of the molecule is Oc1ccc2c(c1)[C@@]13CCCC[C@H]1[C@@H](C2)N(CC(O)c1ccccc1)CC3. The van der Waals surface area contributed by atoms with Gasteiger partial charge in [0.1, 0.15) is 5.75 Å². The molecule has 1 aliphatic heterocycles. The van der Waals surface area contributed by atoms with Crippen LogP contribution in [-0.4, -0.2) is 34.2 Å². The van der Waals surface area contributed by atoms with Gasteiger partial charge in [-0.15, -0.1) is 0 Å². The third kappa shape index (κ3) is 2.79. The van der Waals surface area contributed by atoms with Crippen LogP contribution in [0, 0.1) is 5.92 Å². The lowest BCUT2D eigenvalue weighted by Crippen LogP contribution is -2.61. The van der Waals surface area contributed by atoms with Crippen molar-refractivity contribution in [3.8, 4) is 5.75 Å². The van der Waals surface area contributed by atoms with E-state index in [2.05, 4.69) is 17.0 Å². The molecule has 2 aliphatic carbocycles. The third-order valence-electron chi connectivity index (χ3n) is 7.53. The van der Waals surface area contributed by atoms with Gasteiger partial charge in [0, 0.05) is 18.0 Å². The van der Waals surface area contributed by atoms with Gasteiger partial charge in [0.2, 0.25) is 0 Å². The number of nitrogens with zero attached hydrogens (tertiary/aromatic N) is 1. The Morgan fingerprint density at radius 1 is 1.07 bits per heavy atom. The first-order chi connectivity index (χ1) is 13.2.